The van der Waals surface area contributed by atoms with E-state index in [-0.39, 0.29) is 6.10 Å². The number of nitrogens with one attached hydrogen (secondary N) is 1. The molecule has 0 spiro atoms. The van der Waals surface area contributed by atoms with Gasteiger partial charge in [0.15, 0.2) is 0 Å². The number of halogens is 2. The molecule has 104 valence electrons. The molecular formula is C16H15BrClNO. The minimum atomic E-state index is 0.210. The molecule has 1 aliphatic heterocycles. The fourth-order valence-electron chi connectivity index (χ4n) is 2.40. The normalized spacial score (nSPS) is 16.8. The van der Waals surface area contributed by atoms with Crippen molar-refractivity contribution in [1.29, 1.82) is 0 Å². The summed E-state index contributed by atoms with van der Waals surface area (Å²) in [5.41, 5.74) is 2.39. The Balaban J connectivity index is 1.52. The van der Waals surface area contributed by atoms with E-state index >= 15 is 0 Å². The summed E-state index contributed by atoms with van der Waals surface area (Å²) in [6, 6.07) is 14.2. The van der Waals surface area contributed by atoms with Crippen molar-refractivity contribution in [3.05, 3.63) is 63.1 Å². The van der Waals surface area contributed by atoms with E-state index in [4.69, 9.17) is 16.3 Å². The standard InChI is InChI=1S/C16H15BrClNO/c17-13-6-5-12(15(18)8-13)9-19-10-14-7-11-3-1-2-4-16(11)20-14/h1-6,8,14,19H,7,9-10H2. The molecule has 3 rings (SSSR count). The minimum absolute atomic E-state index is 0.210. The number of benzene rings is 2. The van der Waals surface area contributed by atoms with Crippen LogP contribution in [0, 0.1) is 0 Å². The second kappa shape index (κ2) is 6.17. The van der Waals surface area contributed by atoms with E-state index in [1.54, 1.807) is 0 Å². The molecule has 1 atom stereocenters. The molecule has 2 nitrogen and oxygen atoms in total. The molecule has 0 saturated carbocycles. The first-order valence-corrected chi connectivity index (χ1v) is 7.78. The fourth-order valence-corrected chi connectivity index (χ4v) is 3.14. The van der Waals surface area contributed by atoms with Gasteiger partial charge in [0, 0.05) is 29.0 Å². The zero-order chi connectivity index (χ0) is 13.9. The highest BCUT2D eigenvalue weighted by atomic mass is 79.9. The van der Waals surface area contributed by atoms with E-state index in [0.717, 1.165) is 40.3 Å². The Morgan fingerprint density at radius 1 is 1.25 bits per heavy atom. The van der Waals surface area contributed by atoms with Crippen LogP contribution in [0.15, 0.2) is 46.9 Å². The molecule has 4 heteroatoms. The topological polar surface area (TPSA) is 21.3 Å². The number of hydrogen-bond acceptors (Lipinski definition) is 2. The van der Waals surface area contributed by atoms with Gasteiger partial charge in [-0.15, -0.1) is 0 Å². The second-order valence-corrected chi connectivity index (χ2v) is 6.24. The van der Waals surface area contributed by atoms with Gasteiger partial charge in [0.25, 0.3) is 0 Å². The summed E-state index contributed by atoms with van der Waals surface area (Å²) in [6.07, 6.45) is 1.18. The van der Waals surface area contributed by atoms with Crippen molar-refractivity contribution >= 4 is 27.5 Å². The third-order valence-electron chi connectivity index (χ3n) is 3.42. The van der Waals surface area contributed by atoms with Crippen molar-refractivity contribution in [3.63, 3.8) is 0 Å². The van der Waals surface area contributed by atoms with Gasteiger partial charge >= 0.3 is 0 Å². The number of rotatable bonds is 4. The Morgan fingerprint density at radius 3 is 2.90 bits per heavy atom. The largest absolute Gasteiger partial charge is 0.488 e. The maximum Gasteiger partial charge on any atom is 0.123 e. The number of hydrogen-bond donors (Lipinski definition) is 1. The van der Waals surface area contributed by atoms with Gasteiger partial charge in [-0.1, -0.05) is 51.8 Å². The quantitative estimate of drug-likeness (QED) is 0.890. The van der Waals surface area contributed by atoms with Gasteiger partial charge in [-0.2, -0.15) is 0 Å². The minimum Gasteiger partial charge on any atom is -0.488 e. The van der Waals surface area contributed by atoms with Gasteiger partial charge in [-0.3, -0.25) is 0 Å². The van der Waals surface area contributed by atoms with Crippen LogP contribution >= 0.6 is 27.5 Å². The number of fused-ring (bicyclic) bond motifs is 1. The lowest BCUT2D eigenvalue weighted by atomic mass is 10.1. The van der Waals surface area contributed by atoms with Gasteiger partial charge in [0.1, 0.15) is 11.9 Å². The predicted molar refractivity (Wildman–Crippen MR) is 85.4 cm³/mol. The van der Waals surface area contributed by atoms with E-state index < -0.39 is 0 Å². The number of ether oxygens (including phenoxy) is 1. The highest BCUT2D eigenvalue weighted by molar-refractivity contribution is 9.10. The van der Waals surface area contributed by atoms with Gasteiger partial charge < -0.3 is 10.1 Å². The average Bonchev–Trinajstić information content (AvgIpc) is 2.84. The fraction of sp³-hybridized carbons (Fsp3) is 0.250. The Bertz CT molecular complexity index is 592. The van der Waals surface area contributed by atoms with Crippen molar-refractivity contribution in [2.45, 2.75) is 19.1 Å². The Hall–Kier alpha value is -1.03. The molecule has 20 heavy (non-hydrogen) atoms. The van der Waals surface area contributed by atoms with Crippen LogP contribution in [-0.4, -0.2) is 12.6 Å². The lowest BCUT2D eigenvalue weighted by Crippen LogP contribution is -2.29. The summed E-state index contributed by atoms with van der Waals surface area (Å²) in [7, 11) is 0. The van der Waals surface area contributed by atoms with Crippen LogP contribution in [0.3, 0.4) is 0 Å². The van der Waals surface area contributed by atoms with E-state index in [0.29, 0.717) is 0 Å². The smallest absolute Gasteiger partial charge is 0.123 e. The highest BCUT2D eigenvalue weighted by Crippen LogP contribution is 2.28. The van der Waals surface area contributed by atoms with Gasteiger partial charge in [-0.25, -0.2) is 0 Å². The van der Waals surface area contributed by atoms with Crippen molar-refractivity contribution < 1.29 is 4.74 Å². The molecule has 1 aliphatic rings. The Morgan fingerprint density at radius 2 is 2.10 bits per heavy atom. The molecule has 1 heterocycles. The van der Waals surface area contributed by atoms with Gasteiger partial charge in [0.2, 0.25) is 0 Å². The van der Waals surface area contributed by atoms with E-state index in [9.17, 15) is 0 Å². The molecule has 0 amide bonds. The first kappa shape index (κ1) is 13.9. The summed E-state index contributed by atoms with van der Waals surface area (Å²) in [4.78, 5) is 0. The summed E-state index contributed by atoms with van der Waals surface area (Å²) in [5, 5.41) is 4.19. The van der Waals surface area contributed by atoms with Crippen LogP contribution in [0.1, 0.15) is 11.1 Å². The zero-order valence-corrected chi connectivity index (χ0v) is 13.2. The molecule has 0 aromatic heterocycles. The molecule has 0 radical (unpaired) electrons. The molecule has 2 aromatic rings. The molecule has 0 bridgehead atoms. The molecule has 1 unspecified atom stereocenters. The zero-order valence-electron chi connectivity index (χ0n) is 10.9. The molecular weight excluding hydrogens is 338 g/mol. The van der Waals surface area contributed by atoms with Crippen LogP contribution in [0.25, 0.3) is 0 Å². The monoisotopic (exact) mass is 351 g/mol. The Kier molecular flexibility index (Phi) is 4.29. The molecule has 0 fully saturated rings. The van der Waals surface area contributed by atoms with E-state index in [2.05, 4.69) is 33.4 Å². The van der Waals surface area contributed by atoms with Crippen molar-refractivity contribution in [2.75, 3.05) is 6.54 Å². The first-order chi connectivity index (χ1) is 9.72. The third-order valence-corrected chi connectivity index (χ3v) is 4.26. The van der Waals surface area contributed by atoms with Crippen LogP contribution < -0.4 is 10.1 Å². The SMILES string of the molecule is Clc1cc(Br)ccc1CNCC1Cc2ccccc2O1. The lowest BCUT2D eigenvalue weighted by molar-refractivity contribution is 0.227. The maximum atomic E-state index is 6.20. The summed E-state index contributed by atoms with van der Waals surface area (Å²) < 4.78 is 6.89. The van der Waals surface area contributed by atoms with E-state index in [1.807, 2.05) is 30.3 Å². The maximum absolute atomic E-state index is 6.20. The predicted octanol–water partition coefficient (Wildman–Crippen LogP) is 4.20. The molecule has 0 saturated heterocycles. The highest BCUT2D eigenvalue weighted by Gasteiger charge is 2.21. The summed E-state index contributed by atoms with van der Waals surface area (Å²) in [6.45, 7) is 1.57. The summed E-state index contributed by atoms with van der Waals surface area (Å²) in [5.74, 6) is 1.01. The van der Waals surface area contributed by atoms with Gasteiger partial charge in [0.05, 0.1) is 0 Å². The van der Waals surface area contributed by atoms with Crippen molar-refractivity contribution in [1.82, 2.24) is 5.32 Å². The third kappa shape index (κ3) is 3.17. The van der Waals surface area contributed by atoms with Gasteiger partial charge in [-0.05, 0) is 29.3 Å². The summed E-state index contributed by atoms with van der Waals surface area (Å²) >= 11 is 9.61. The molecule has 2 aromatic carbocycles. The van der Waals surface area contributed by atoms with Crippen molar-refractivity contribution in [3.8, 4) is 5.75 Å². The first-order valence-electron chi connectivity index (χ1n) is 6.61. The lowest BCUT2D eigenvalue weighted by Gasteiger charge is -2.12. The van der Waals surface area contributed by atoms with Crippen LogP contribution in [-0.2, 0) is 13.0 Å². The van der Waals surface area contributed by atoms with Crippen LogP contribution in [0.4, 0.5) is 0 Å². The van der Waals surface area contributed by atoms with Crippen LogP contribution in [0.5, 0.6) is 5.75 Å². The average molecular weight is 353 g/mol. The second-order valence-electron chi connectivity index (χ2n) is 4.92. The van der Waals surface area contributed by atoms with Crippen LogP contribution in [0.2, 0.25) is 5.02 Å². The number of para-hydroxylation sites is 1. The van der Waals surface area contributed by atoms with E-state index in [1.165, 1.54) is 5.56 Å². The molecule has 1 N–H and O–H groups in total. The van der Waals surface area contributed by atoms with Crippen molar-refractivity contribution in [2.24, 2.45) is 0 Å². The molecule has 0 aliphatic carbocycles. The Labute approximate surface area is 132 Å².